The van der Waals surface area contributed by atoms with Crippen LogP contribution in [0.1, 0.15) is 273 Å². The Morgan fingerprint density at radius 3 is 0.423 bits per heavy atom. The Hall–Kier alpha value is 1.44. The van der Waals surface area contributed by atoms with E-state index in [-0.39, 0.29) is 24.8 Å². The predicted octanol–water partition coefficient (Wildman–Crippen LogP) is 19.9. The molecule has 0 nitrogen and oxygen atoms in total. The summed E-state index contributed by atoms with van der Waals surface area (Å²) in [5.74, 6) is 0. The third kappa shape index (κ3) is 53.5. The van der Waals surface area contributed by atoms with Gasteiger partial charge in [0.05, 0.1) is 0 Å². The highest BCUT2D eigenvalue weighted by Gasteiger charge is 2.09. The fraction of sp³-hybridized carbons (Fsp3) is 1.00. The van der Waals surface area contributed by atoms with Gasteiger partial charge in [0.15, 0.2) is 0 Å². The lowest BCUT2D eigenvalue weighted by Gasteiger charge is -2.18. The first-order valence-electron chi connectivity index (χ1n) is 24.1. The Bertz CT molecular complexity index is 436. The van der Waals surface area contributed by atoms with E-state index in [2.05, 4.69) is 41.5 Å². The van der Waals surface area contributed by atoms with Crippen molar-refractivity contribution in [1.29, 1.82) is 0 Å². The maximum Gasteiger partial charge on any atom is -0.0326 e. The molecule has 320 valence electrons. The van der Waals surface area contributed by atoms with Crippen LogP contribution in [0.25, 0.3) is 0 Å². The van der Waals surface area contributed by atoms with E-state index in [1.54, 1.807) is 37.0 Å². The quantitative estimate of drug-likeness (QED) is 0.0425. The monoisotopic (exact) mass is 813 g/mol. The molecule has 0 bridgehead atoms. The highest BCUT2D eigenvalue weighted by atomic mass is 35.5. The van der Waals surface area contributed by atoms with Crippen LogP contribution in [0.5, 0.6) is 0 Å². The first kappa shape index (κ1) is 60.1. The minimum atomic E-state index is 0. The molecule has 0 unspecified atom stereocenters. The van der Waals surface area contributed by atoms with Crippen molar-refractivity contribution < 1.29 is 0 Å². The maximum absolute atomic E-state index is 2.32. The zero-order valence-electron chi connectivity index (χ0n) is 37.4. The van der Waals surface area contributed by atoms with Gasteiger partial charge in [0.2, 0.25) is 0 Å². The van der Waals surface area contributed by atoms with Crippen LogP contribution in [-0.2, 0) is 0 Å². The topological polar surface area (TPSA) is 0 Å². The van der Waals surface area contributed by atoms with Gasteiger partial charge in [-0.05, 0) is 75.5 Å². The summed E-state index contributed by atoms with van der Waals surface area (Å²) in [6, 6.07) is 0. The minimum absolute atomic E-state index is 0. The summed E-state index contributed by atoms with van der Waals surface area (Å²) >= 11 is 0. The van der Waals surface area contributed by atoms with E-state index in [1.807, 2.05) is 0 Å². The number of hydrogen-bond acceptors (Lipinski definition) is 0. The van der Waals surface area contributed by atoms with Crippen LogP contribution in [0.4, 0.5) is 0 Å². The van der Waals surface area contributed by atoms with Crippen LogP contribution < -0.4 is 0 Å². The summed E-state index contributed by atoms with van der Waals surface area (Å²) in [5.41, 5.74) is 0. The van der Waals surface area contributed by atoms with Crippen molar-refractivity contribution in [3.63, 3.8) is 0 Å². The van der Waals surface area contributed by atoms with E-state index in [0.717, 1.165) is 0 Å². The summed E-state index contributed by atoms with van der Waals surface area (Å²) in [7, 11) is 0.732. The highest BCUT2D eigenvalue weighted by molar-refractivity contribution is 7.57. The van der Waals surface area contributed by atoms with Gasteiger partial charge >= 0.3 is 0 Å². The van der Waals surface area contributed by atoms with Gasteiger partial charge in [0.1, 0.15) is 0 Å². The first-order chi connectivity index (χ1) is 24.7. The second-order valence-corrected chi connectivity index (χ2v) is 21.7. The first-order valence-corrected chi connectivity index (χ1v) is 27.9. The molecule has 0 fully saturated rings. The van der Waals surface area contributed by atoms with E-state index in [1.165, 1.54) is 231 Å². The van der Waals surface area contributed by atoms with E-state index in [0.29, 0.717) is 15.8 Å². The predicted molar refractivity (Wildman–Crippen MR) is 258 cm³/mol. The van der Waals surface area contributed by atoms with Crippen molar-refractivity contribution in [2.45, 2.75) is 273 Å². The summed E-state index contributed by atoms with van der Waals surface area (Å²) in [5, 5.41) is 0. The van der Waals surface area contributed by atoms with Gasteiger partial charge in [-0.2, -0.15) is 0 Å². The van der Waals surface area contributed by atoms with Gasteiger partial charge in [-0.25, -0.2) is 0 Å². The van der Waals surface area contributed by atoms with Crippen LogP contribution in [0.2, 0.25) is 0 Å². The Morgan fingerprint density at radius 2 is 0.288 bits per heavy atom. The van der Waals surface area contributed by atoms with E-state index >= 15 is 0 Å². The molecule has 0 aromatic rings. The van der Waals surface area contributed by atoms with Crippen molar-refractivity contribution in [3.05, 3.63) is 0 Å². The highest BCUT2D eigenvalue weighted by Crippen LogP contribution is 2.40. The summed E-state index contributed by atoms with van der Waals surface area (Å²) in [4.78, 5) is 0. The smallest absolute Gasteiger partial charge is 0.0326 e. The van der Waals surface area contributed by atoms with Crippen LogP contribution in [0, 0.1) is 0 Å². The summed E-state index contributed by atoms with van der Waals surface area (Å²) in [6.45, 7) is 13.9. The molecule has 0 aliphatic heterocycles. The van der Waals surface area contributed by atoms with E-state index in [9.17, 15) is 0 Å². The molecule has 0 N–H and O–H groups in total. The molecule has 0 aliphatic carbocycles. The molecule has 0 heterocycles. The number of halogens is 2. The molecule has 0 amide bonds. The zero-order valence-corrected chi connectivity index (χ0v) is 40.8. The molecule has 0 spiro atoms. The van der Waals surface area contributed by atoms with Gasteiger partial charge in [0.25, 0.3) is 0 Å². The molecule has 52 heavy (non-hydrogen) atoms. The molecule has 0 aromatic heterocycles. The molecule has 0 aliphatic rings. The largest absolute Gasteiger partial charge is 0.147 e. The average molecular weight is 814 g/mol. The molecule has 0 radical (unpaired) electrons. The maximum atomic E-state index is 2.32. The second kappa shape index (κ2) is 56.8. The molecular formula is C48H104Cl2P2. The van der Waals surface area contributed by atoms with Crippen molar-refractivity contribution in [2.75, 3.05) is 37.0 Å². The van der Waals surface area contributed by atoms with Crippen LogP contribution in [-0.4, -0.2) is 37.0 Å². The Morgan fingerprint density at radius 1 is 0.173 bits per heavy atom. The fourth-order valence-corrected chi connectivity index (χ4v) is 12.7. The van der Waals surface area contributed by atoms with E-state index in [4.69, 9.17) is 0 Å². The lowest BCUT2D eigenvalue weighted by molar-refractivity contribution is 0.617. The number of hydrogen-bond donors (Lipinski definition) is 0. The fourth-order valence-electron chi connectivity index (χ4n) is 7.37. The van der Waals surface area contributed by atoms with Gasteiger partial charge in [-0.1, -0.05) is 234 Å². The molecule has 4 heteroatoms. The van der Waals surface area contributed by atoms with Gasteiger partial charge < -0.3 is 0 Å². The average Bonchev–Trinajstić information content (AvgIpc) is 3.13. The third-order valence-corrected chi connectivity index (χ3v) is 16.7. The van der Waals surface area contributed by atoms with Crippen molar-refractivity contribution >= 4 is 40.7 Å². The second-order valence-electron chi connectivity index (χ2n) is 16.3. The normalized spacial score (nSPS) is 11.1. The van der Waals surface area contributed by atoms with Crippen molar-refractivity contribution in [2.24, 2.45) is 0 Å². The van der Waals surface area contributed by atoms with Crippen molar-refractivity contribution in [1.82, 2.24) is 0 Å². The van der Waals surface area contributed by atoms with Crippen LogP contribution in [0.3, 0.4) is 0 Å². The minimum Gasteiger partial charge on any atom is -0.147 e. The van der Waals surface area contributed by atoms with E-state index < -0.39 is 0 Å². The molecule has 0 saturated carbocycles. The Kier molecular flexibility index (Phi) is 65.6. The van der Waals surface area contributed by atoms with Gasteiger partial charge in [-0.15, -0.1) is 40.7 Å². The van der Waals surface area contributed by atoms with Crippen LogP contribution >= 0.6 is 40.7 Å². The number of unbranched alkanes of at least 4 members (excludes halogenated alkanes) is 30. The molecule has 0 rings (SSSR count). The standard InChI is InChI=1S/2C24H51P.2ClH/c2*1-4-7-10-13-16-19-22-25(23-20-17-14-11-8-5-2)24-21-18-15-12-9-6-3;;/h2*4-24H2,1-3H3;2*1H. The SMILES string of the molecule is CCCCCCCCP(CCCCCCCC)CCCCCCCC.CCCCCCCCP(CCCCCCCC)CCCCCCCC.Cl.Cl. The lowest BCUT2D eigenvalue weighted by atomic mass is 10.1. The van der Waals surface area contributed by atoms with Gasteiger partial charge in [-0.3, -0.25) is 0 Å². The molecule has 0 aromatic carbocycles. The molecular weight excluding hydrogens is 709 g/mol. The summed E-state index contributed by atoms with van der Waals surface area (Å²) < 4.78 is 0. The van der Waals surface area contributed by atoms with Crippen molar-refractivity contribution in [3.8, 4) is 0 Å². The van der Waals surface area contributed by atoms with Crippen LogP contribution in [0.15, 0.2) is 0 Å². The number of rotatable bonds is 42. The summed E-state index contributed by atoms with van der Waals surface area (Å²) in [6.07, 6.45) is 62.5. The molecule has 0 atom stereocenters. The lowest BCUT2D eigenvalue weighted by Crippen LogP contribution is -1.97. The van der Waals surface area contributed by atoms with Gasteiger partial charge in [0, 0.05) is 0 Å². The Labute approximate surface area is 348 Å². The molecule has 0 saturated heterocycles. The Balaban J connectivity index is -0.000000427. The zero-order chi connectivity index (χ0) is 36.9. The third-order valence-electron chi connectivity index (χ3n) is 11.0.